The number of methoxy groups -OCH3 is 1. The number of carbonyl (C=O) groups excluding carboxylic acids is 1. The molecule has 1 aromatic heterocycles. The maximum atomic E-state index is 12.1. The molecule has 0 atom stereocenters. The Hall–Kier alpha value is -2.43. The lowest BCUT2D eigenvalue weighted by Crippen LogP contribution is -2.27. The van der Waals surface area contributed by atoms with Crippen molar-refractivity contribution in [1.29, 1.82) is 0 Å². The third kappa shape index (κ3) is 4.77. The number of aromatic nitrogens is 2. The largest absolute Gasteiger partial charge is 0.497 e. The number of ether oxygens (including phenoxy) is 1. The lowest BCUT2D eigenvalue weighted by Gasteiger charge is -2.21. The summed E-state index contributed by atoms with van der Waals surface area (Å²) in [6.45, 7) is 6.72. The molecule has 5 heteroatoms. The monoisotopic (exact) mass is 313 g/mol. The Morgan fingerprint density at radius 2 is 1.91 bits per heavy atom. The molecule has 0 spiro atoms. The van der Waals surface area contributed by atoms with Gasteiger partial charge in [0.1, 0.15) is 12.1 Å². The molecule has 1 aromatic carbocycles. The van der Waals surface area contributed by atoms with Gasteiger partial charge >= 0.3 is 0 Å². The predicted octanol–water partition coefficient (Wildman–Crippen LogP) is 2.64. The number of rotatable bonds is 5. The van der Waals surface area contributed by atoms with E-state index in [4.69, 9.17) is 4.74 Å². The van der Waals surface area contributed by atoms with Crippen molar-refractivity contribution in [2.24, 2.45) is 0 Å². The van der Waals surface area contributed by atoms with E-state index >= 15 is 0 Å². The topological polar surface area (TPSA) is 64.1 Å². The van der Waals surface area contributed by atoms with E-state index < -0.39 is 0 Å². The average molecular weight is 313 g/mol. The van der Waals surface area contributed by atoms with E-state index in [1.165, 1.54) is 0 Å². The zero-order valence-electron chi connectivity index (χ0n) is 14.1. The van der Waals surface area contributed by atoms with E-state index in [0.29, 0.717) is 13.0 Å². The molecule has 0 saturated heterocycles. The lowest BCUT2D eigenvalue weighted by atomic mass is 9.89. The molecule has 0 aliphatic heterocycles. The van der Waals surface area contributed by atoms with Gasteiger partial charge in [-0.3, -0.25) is 4.79 Å². The van der Waals surface area contributed by atoms with Crippen LogP contribution in [0.15, 0.2) is 36.8 Å². The molecule has 0 aliphatic carbocycles. The first kappa shape index (κ1) is 16.9. The first-order chi connectivity index (χ1) is 10.9. The summed E-state index contributed by atoms with van der Waals surface area (Å²) in [7, 11) is 1.62. The summed E-state index contributed by atoms with van der Waals surface area (Å²) in [6, 6.07) is 7.49. The molecule has 1 heterocycles. The van der Waals surface area contributed by atoms with Crippen LogP contribution >= 0.6 is 0 Å². The van der Waals surface area contributed by atoms with E-state index in [9.17, 15) is 4.79 Å². The summed E-state index contributed by atoms with van der Waals surface area (Å²) < 4.78 is 5.11. The molecule has 23 heavy (non-hydrogen) atoms. The van der Waals surface area contributed by atoms with Crippen LogP contribution in [0.1, 0.15) is 37.6 Å². The van der Waals surface area contributed by atoms with E-state index in [2.05, 4.69) is 36.1 Å². The van der Waals surface area contributed by atoms with Crippen molar-refractivity contribution in [3.63, 3.8) is 0 Å². The maximum absolute atomic E-state index is 12.1. The summed E-state index contributed by atoms with van der Waals surface area (Å²) in [5.74, 6) is 0.754. The van der Waals surface area contributed by atoms with Crippen LogP contribution in [0.3, 0.4) is 0 Å². The highest BCUT2D eigenvalue weighted by atomic mass is 16.5. The molecular formula is C18H23N3O2. The van der Waals surface area contributed by atoms with Gasteiger partial charge in [-0.05, 0) is 17.7 Å². The second kappa shape index (κ2) is 7.22. The molecule has 0 radical (unpaired) electrons. The summed E-state index contributed by atoms with van der Waals surface area (Å²) in [5.41, 5.74) is 2.77. The normalized spacial score (nSPS) is 11.1. The zero-order chi connectivity index (χ0) is 16.9. The minimum Gasteiger partial charge on any atom is -0.497 e. The molecule has 1 amide bonds. The molecule has 2 aromatic rings. The Kier molecular flexibility index (Phi) is 5.32. The van der Waals surface area contributed by atoms with Gasteiger partial charge in [0.25, 0.3) is 0 Å². The van der Waals surface area contributed by atoms with Crippen LogP contribution in [0.5, 0.6) is 5.75 Å². The third-order valence-electron chi connectivity index (χ3n) is 3.50. The van der Waals surface area contributed by atoms with Gasteiger partial charge in [-0.2, -0.15) is 0 Å². The Balaban J connectivity index is 1.97. The number of hydrogen-bond donors (Lipinski definition) is 1. The van der Waals surface area contributed by atoms with Gasteiger partial charge in [0.15, 0.2) is 0 Å². The van der Waals surface area contributed by atoms with Gasteiger partial charge in [-0.25, -0.2) is 9.97 Å². The molecule has 0 fully saturated rings. The van der Waals surface area contributed by atoms with Gasteiger partial charge in [0.2, 0.25) is 5.91 Å². The quantitative estimate of drug-likeness (QED) is 0.921. The summed E-state index contributed by atoms with van der Waals surface area (Å²) in [4.78, 5) is 20.5. The summed E-state index contributed by atoms with van der Waals surface area (Å²) in [5, 5.41) is 2.94. The van der Waals surface area contributed by atoms with Crippen LogP contribution in [0.25, 0.3) is 0 Å². The Bertz CT molecular complexity index is 661. The Morgan fingerprint density at radius 1 is 1.22 bits per heavy atom. The van der Waals surface area contributed by atoms with Gasteiger partial charge in [-0.1, -0.05) is 32.9 Å². The smallest absolute Gasteiger partial charge is 0.224 e. The number of carbonyl (C=O) groups is 1. The van der Waals surface area contributed by atoms with Crippen molar-refractivity contribution in [2.75, 3.05) is 7.11 Å². The van der Waals surface area contributed by atoms with E-state index in [-0.39, 0.29) is 11.3 Å². The van der Waals surface area contributed by atoms with Gasteiger partial charge in [0, 0.05) is 23.7 Å². The van der Waals surface area contributed by atoms with Crippen LogP contribution in [-0.4, -0.2) is 23.0 Å². The van der Waals surface area contributed by atoms with Crippen LogP contribution in [0.2, 0.25) is 0 Å². The van der Waals surface area contributed by atoms with Gasteiger partial charge < -0.3 is 10.1 Å². The second-order valence-electron chi connectivity index (χ2n) is 6.45. The Labute approximate surface area is 137 Å². The molecule has 0 aliphatic rings. The third-order valence-corrected chi connectivity index (χ3v) is 3.50. The molecule has 5 nitrogen and oxygen atoms in total. The van der Waals surface area contributed by atoms with Crippen LogP contribution in [0, 0.1) is 0 Å². The highest BCUT2D eigenvalue weighted by Gasteiger charge is 2.19. The number of nitrogens with zero attached hydrogens (tertiary/aromatic N) is 2. The fourth-order valence-electron chi connectivity index (χ4n) is 2.35. The first-order valence-electron chi connectivity index (χ1n) is 7.59. The molecule has 2 rings (SSSR count). The predicted molar refractivity (Wildman–Crippen MR) is 89.3 cm³/mol. The van der Waals surface area contributed by atoms with Crippen molar-refractivity contribution in [3.8, 4) is 5.75 Å². The van der Waals surface area contributed by atoms with Gasteiger partial charge in [-0.15, -0.1) is 0 Å². The second-order valence-corrected chi connectivity index (χ2v) is 6.45. The standard InChI is InChI=1S/C18H23N3O2/c1-18(2,3)17-14(10-19-12-21-17)11-20-16(22)9-13-5-7-15(23-4)8-6-13/h5-8,10,12H,9,11H2,1-4H3,(H,20,22). The van der Waals surface area contributed by atoms with Crippen molar-refractivity contribution >= 4 is 5.91 Å². The Morgan fingerprint density at radius 3 is 2.52 bits per heavy atom. The SMILES string of the molecule is COc1ccc(CC(=O)NCc2cncnc2C(C)(C)C)cc1. The fourth-order valence-corrected chi connectivity index (χ4v) is 2.35. The zero-order valence-corrected chi connectivity index (χ0v) is 14.1. The minimum absolute atomic E-state index is 0.0288. The molecule has 0 saturated carbocycles. The van der Waals surface area contributed by atoms with Crippen molar-refractivity contribution in [3.05, 3.63) is 53.6 Å². The lowest BCUT2D eigenvalue weighted by molar-refractivity contribution is -0.120. The number of nitrogens with one attached hydrogen (secondary N) is 1. The molecule has 1 N–H and O–H groups in total. The van der Waals surface area contributed by atoms with E-state index in [1.54, 1.807) is 19.6 Å². The van der Waals surface area contributed by atoms with Crippen LogP contribution in [-0.2, 0) is 23.2 Å². The first-order valence-corrected chi connectivity index (χ1v) is 7.59. The van der Waals surface area contributed by atoms with Crippen molar-refractivity contribution in [2.45, 2.75) is 39.2 Å². The molecule has 0 bridgehead atoms. The van der Waals surface area contributed by atoms with Crippen LogP contribution in [0.4, 0.5) is 0 Å². The van der Waals surface area contributed by atoms with Crippen molar-refractivity contribution in [1.82, 2.24) is 15.3 Å². The van der Waals surface area contributed by atoms with E-state index in [1.807, 2.05) is 24.3 Å². The molecular weight excluding hydrogens is 290 g/mol. The van der Waals surface area contributed by atoms with Gasteiger partial charge in [0.05, 0.1) is 19.2 Å². The minimum atomic E-state index is -0.0843. The number of benzene rings is 1. The summed E-state index contributed by atoms with van der Waals surface area (Å²) >= 11 is 0. The fraction of sp³-hybridized carbons (Fsp3) is 0.389. The molecule has 0 unspecified atom stereocenters. The van der Waals surface area contributed by atoms with Crippen LogP contribution < -0.4 is 10.1 Å². The highest BCUT2D eigenvalue weighted by molar-refractivity contribution is 5.78. The molecule has 122 valence electrons. The number of hydrogen-bond acceptors (Lipinski definition) is 4. The summed E-state index contributed by atoms with van der Waals surface area (Å²) in [6.07, 6.45) is 3.65. The van der Waals surface area contributed by atoms with Crippen molar-refractivity contribution < 1.29 is 9.53 Å². The highest BCUT2D eigenvalue weighted by Crippen LogP contribution is 2.22. The van der Waals surface area contributed by atoms with E-state index in [0.717, 1.165) is 22.6 Å². The average Bonchev–Trinajstić information content (AvgIpc) is 2.53. The number of amides is 1. The maximum Gasteiger partial charge on any atom is 0.224 e.